The molecule has 0 aliphatic carbocycles. The van der Waals surface area contributed by atoms with Gasteiger partial charge in [-0.25, -0.2) is 4.39 Å². The minimum atomic E-state index is -0.593. The van der Waals surface area contributed by atoms with Crippen LogP contribution in [0, 0.1) is 5.82 Å². The Morgan fingerprint density at radius 3 is 2.24 bits per heavy atom. The van der Waals surface area contributed by atoms with Crippen molar-refractivity contribution in [3.63, 3.8) is 0 Å². The number of rotatable bonds is 1. The number of anilines is 1. The van der Waals surface area contributed by atoms with E-state index in [1.54, 1.807) is 12.1 Å². The fraction of sp³-hybridized carbons (Fsp3) is 0. The van der Waals surface area contributed by atoms with Gasteiger partial charge < -0.3 is 5.73 Å². The Labute approximate surface area is 112 Å². The van der Waals surface area contributed by atoms with Gasteiger partial charge in [0.1, 0.15) is 0 Å². The third-order valence-electron chi connectivity index (χ3n) is 2.23. The van der Waals surface area contributed by atoms with E-state index < -0.39 is 5.82 Å². The van der Waals surface area contributed by atoms with Crippen molar-refractivity contribution >= 4 is 40.5 Å². The highest BCUT2D eigenvalue weighted by Gasteiger charge is 2.12. The Bertz CT molecular complexity index is 564. The number of nitrogens with two attached hydrogens (primary N) is 1. The topological polar surface area (TPSA) is 38.9 Å². The molecule has 0 unspecified atom stereocenters. The Hall–Kier alpha value is -1.03. The van der Waals surface area contributed by atoms with Crippen LogP contribution in [0.3, 0.4) is 0 Å². The first-order valence-corrected chi connectivity index (χ1v) is 5.68. The lowest BCUT2D eigenvalue weighted by atomic mass is 10.1. The summed E-state index contributed by atoms with van der Waals surface area (Å²) in [6, 6.07) is 3.12. The average molecular weight is 292 g/mol. The standard InChI is InChI=1S/C11H6Cl3FN2/c12-7-1-5(2-8(13)10(7)14)6-3-17-4-9(15)11(6)16/h1-4H,(H2,16,17). The van der Waals surface area contributed by atoms with Gasteiger partial charge in [0.2, 0.25) is 0 Å². The molecule has 0 aliphatic rings. The number of nitrogens with zero attached hydrogens (tertiary/aromatic N) is 1. The molecule has 0 radical (unpaired) electrons. The van der Waals surface area contributed by atoms with Crippen LogP contribution in [0.2, 0.25) is 15.1 Å². The van der Waals surface area contributed by atoms with Crippen molar-refractivity contribution < 1.29 is 4.39 Å². The minimum Gasteiger partial charge on any atom is -0.396 e. The number of hydrogen-bond acceptors (Lipinski definition) is 2. The molecule has 0 aliphatic heterocycles. The summed E-state index contributed by atoms with van der Waals surface area (Å²) in [7, 11) is 0. The third-order valence-corrected chi connectivity index (χ3v) is 3.43. The lowest BCUT2D eigenvalue weighted by molar-refractivity contribution is 0.627. The van der Waals surface area contributed by atoms with Crippen molar-refractivity contribution in [2.24, 2.45) is 0 Å². The number of aromatic nitrogens is 1. The van der Waals surface area contributed by atoms with Gasteiger partial charge in [0.05, 0.1) is 27.0 Å². The van der Waals surface area contributed by atoms with Crippen molar-refractivity contribution in [3.05, 3.63) is 45.4 Å². The highest BCUT2D eigenvalue weighted by Crippen LogP contribution is 2.36. The van der Waals surface area contributed by atoms with E-state index >= 15 is 0 Å². The van der Waals surface area contributed by atoms with Crippen LogP contribution in [-0.4, -0.2) is 4.98 Å². The zero-order valence-corrected chi connectivity index (χ0v) is 10.6. The summed E-state index contributed by atoms with van der Waals surface area (Å²) < 4.78 is 13.3. The largest absolute Gasteiger partial charge is 0.396 e. The molecule has 88 valence electrons. The summed E-state index contributed by atoms with van der Waals surface area (Å²) in [5.74, 6) is -0.593. The quantitative estimate of drug-likeness (QED) is 0.789. The van der Waals surface area contributed by atoms with Crippen molar-refractivity contribution in [2.75, 3.05) is 5.73 Å². The lowest BCUT2D eigenvalue weighted by Crippen LogP contribution is -1.95. The molecule has 2 nitrogen and oxygen atoms in total. The van der Waals surface area contributed by atoms with Crippen LogP contribution in [0.25, 0.3) is 11.1 Å². The second-order valence-corrected chi connectivity index (χ2v) is 4.53. The summed E-state index contributed by atoms with van der Waals surface area (Å²) in [6.45, 7) is 0. The molecule has 2 N–H and O–H groups in total. The molecular formula is C11H6Cl3FN2. The summed E-state index contributed by atoms with van der Waals surface area (Å²) in [5.41, 5.74) is 6.60. The maximum absolute atomic E-state index is 13.3. The molecule has 1 heterocycles. The van der Waals surface area contributed by atoms with Crippen LogP contribution in [0.4, 0.5) is 10.1 Å². The first-order chi connectivity index (χ1) is 8.00. The SMILES string of the molecule is Nc1c(F)cncc1-c1cc(Cl)c(Cl)c(Cl)c1. The lowest BCUT2D eigenvalue weighted by Gasteiger charge is -2.08. The van der Waals surface area contributed by atoms with Crippen LogP contribution in [0.1, 0.15) is 0 Å². The summed E-state index contributed by atoms with van der Waals surface area (Å²) in [6.07, 6.45) is 2.48. The molecule has 0 saturated carbocycles. The van der Waals surface area contributed by atoms with E-state index in [9.17, 15) is 4.39 Å². The first kappa shape index (κ1) is 12.4. The third kappa shape index (κ3) is 2.32. The first-order valence-electron chi connectivity index (χ1n) is 4.54. The van der Waals surface area contributed by atoms with Gasteiger partial charge >= 0.3 is 0 Å². The van der Waals surface area contributed by atoms with Crippen molar-refractivity contribution in [1.82, 2.24) is 4.98 Å². The molecule has 0 atom stereocenters. The predicted octanol–water partition coefficient (Wildman–Crippen LogP) is 4.43. The number of nitrogen functional groups attached to an aromatic ring is 1. The predicted molar refractivity (Wildman–Crippen MR) is 69.1 cm³/mol. The zero-order chi connectivity index (χ0) is 12.6. The van der Waals surface area contributed by atoms with Crippen LogP contribution >= 0.6 is 34.8 Å². The Morgan fingerprint density at radius 1 is 1.06 bits per heavy atom. The van der Waals surface area contributed by atoms with Crippen LogP contribution in [0.5, 0.6) is 0 Å². The van der Waals surface area contributed by atoms with Gasteiger partial charge in [0.15, 0.2) is 5.82 Å². The summed E-state index contributed by atoms with van der Waals surface area (Å²) >= 11 is 17.6. The highest BCUT2D eigenvalue weighted by atomic mass is 35.5. The number of hydrogen-bond donors (Lipinski definition) is 1. The molecule has 0 amide bonds. The van der Waals surface area contributed by atoms with Crippen LogP contribution in [0.15, 0.2) is 24.5 Å². The zero-order valence-electron chi connectivity index (χ0n) is 8.35. The van der Waals surface area contributed by atoms with E-state index in [0.717, 1.165) is 6.20 Å². The van der Waals surface area contributed by atoms with E-state index in [1.165, 1.54) is 6.20 Å². The summed E-state index contributed by atoms with van der Waals surface area (Å²) in [4.78, 5) is 3.73. The second-order valence-electron chi connectivity index (χ2n) is 3.34. The van der Waals surface area contributed by atoms with Gasteiger partial charge in [0.25, 0.3) is 0 Å². The smallest absolute Gasteiger partial charge is 0.164 e. The molecule has 2 rings (SSSR count). The second kappa shape index (κ2) is 4.69. The molecule has 1 aromatic carbocycles. The van der Waals surface area contributed by atoms with Crippen LogP contribution in [-0.2, 0) is 0 Å². The average Bonchev–Trinajstić information content (AvgIpc) is 2.29. The molecule has 1 aromatic heterocycles. The number of pyridine rings is 1. The molecule has 0 fully saturated rings. The Balaban J connectivity index is 2.65. The molecule has 0 saturated heterocycles. The van der Waals surface area contributed by atoms with E-state index in [0.29, 0.717) is 11.1 Å². The van der Waals surface area contributed by atoms with Gasteiger partial charge in [-0.2, -0.15) is 0 Å². The van der Waals surface area contributed by atoms with Crippen LogP contribution < -0.4 is 5.73 Å². The van der Waals surface area contributed by atoms with E-state index in [-0.39, 0.29) is 20.8 Å². The molecular weight excluding hydrogens is 285 g/mol. The van der Waals surface area contributed by atoms with E-state index in [4.69, 9.17) is 40.5 Å². The van der Waals surface area contributed by atoms with Crippen molar-refractivity contribution in [2.45, 2.75) is 0 Å². The van der Waals surface area contributed by atoms with E-state index in [2.05, 4.69) is 4.98 Å². The van der Waals surface area contributed by atoms with E-state index in [1.807, 2.05) is 0 Å². The Kier molecular flexibility index (Phi) is 3.43. The van der Waals surface area contributed by atoms with Crippen molar-refractivity contribution in [1.29, 1.82) is 0 Å². The monoisotopic (exact) mass is 290 g/mol. The normalized spacial score (nSPS) is 10.6. The molecule has 0 spiro atoms. The number of halogens is 4. The van der Waals surface area contributed by atoms with Gasteiger partial charge in [0, 0.05) is 11.8 Å². The maximum Gasteiger partial charge on any atom is 0.164 e. The summed E-state index contributed by atoms with van der Waals surface area (Å²) in [5, 5.41) is 0.802. The Morgan fingerprint density at radius 2 is 1.65 bits per heavy atom. The number of benzene rings is 1. The molecule has 17 heavy (non-hydrogen) atoms. The van der Waals surface area contributed by atoms with Gasteiger partial charge in [-0.05, 0) is 17.7 Å². The fourth-order valence-electron chi connectivity index (χ4n) is 1.39. The molecule has 0 bridgehead atoms. The van der Waals surface area contributed by atoms with Crippen molar-refractivity contribution in [3.8, 4) is 11.1 Å². The van der Waals surface area contributed by atoms with Gasteiger partial charge in [-0.15, -0.1) is 0 Å². The molecule has 2 aromatic rings. The highest BCUT2D eigenvalue weighted by molar-refractivity contribution is 6.48. The maximum atomic E-state index is 13.3. The molecule has 6 heteroatoms. The minimum absolute atomic E-state index is 0.00513. The fourth-order valence-corrected chi connectivity index (χ4v) is 1.98. The van der Waals surface area contributed by atoms with Gasteiger partial charge in [-0.3, -0.25) is 4.98 Å². The van der Waals surface area contributed by atoms with Gasteiger partial charge in [-0.1, -0.05) is 34.8 Å².